The minimum atomic E-state index is -1.23. The second kappa shape index (κ2) is 22.9. The SMILES string of the molecule is CC(C)C[C@H](NC(=O)[C@@H](NC(=O)[C@H](Cc1ccc(O)cc1)NC(=O)[C@@H]1CCCN1C(=O)[C@H](CCCN=C(N)N)NC(=O)CCCCC[N+](C)(C)C)C(C)(C)C)C(=O)O. The van der Waals surface area contributed by atoms with Crippen molar-refractivity contribution < 1.29 is 43.5 Å². The van der Waals surface area contributed by atoms with Crippen LogP contribution in [0.25, 0.3) is 0 Å². The number of nitrogens with zero attached hydrogens (tertiary/aromatic N) is 3. The van der Waals surface area contributed by atoms with E-state index >= 15 is 0 Å². The van der Waals surface area contributed by atoms with Crippen molar-refractivity contribution >= 4 is 41.5 Å². The number of carboxylic acids is 1. The molecule has 326 valence electrons. The highest BCUT2D eigenvalue weighted by atomic mass is 16.4. The summed E-state index contributed by atoms with van der Waals surface area (Å²) in [4.78, 5) is 86.4. The number of carbonyl (C=O) groups excluding carboxylic acids is 5. The van der Waals surface area contributed by atoms with Crippen LogP contribution in [0.5, 0.6) is 5.75 Å². The van der Waals surface area contributed by atoms with Crippen LogP contribution < -0.4 is 32.7 Å². The third kappa shape index (κ3) is 17.7. The average Bonchev–Trinajstić information content (AvgIpc) is 3.60. The Kier molecular flexibility index (Phi) is 19.4. The summed E-state index contributed by atoms with van der Waals surface area (Å²) in [6, 6.07) is 0.617. The van der Waals surface area contributed by atoms with E-state index < -0.39 is 65.2 Å². The molecule has 1 heterocycles. The molecule has 17 nitrogen and oxygen atoms in total. The number of phenols is 1. The van der Waals surface area contributed by atoms with Crippen LogP contribution in [0.1, 0.15) is 98.0 Å². The lowest BCUT2D eigenvalue weighted by Gasteiger charge is -2.33. The monoisotopic (exact) mass is 817 g/mol. The van der Waals surface area contributed by atoms with Crippen LogP contribution in [0.2, 0.25) is 0 Å². The van der Waals surface area contributed by atoms with Gasteiger partial charge >= 0.3 is 5.97 Å². The predicted molar refractivity (Wildman–Crippen MR) is 222 cm³/mol. The second-order valence-electron chi connectivity index (χ2n) is 17.9. The molecule has 58 heavy (non-hydrogen) atoms. The van der Waals surface area contributed by atoms with Gasteiger partial charge in [-0.15, -0.1) is 0 Å². The van der Waals surface area contributed by atoms with Gasteiger partial charge < -0.3 is 52.3 Å². The third-order valence-corrected chi connectivity index (χ3v) is 9.90. The van der Waals surface area contributed by atoms with Crippen LogP contribution in [0.15, 0.2) is 29.3 Å². The summed E-state index contributed by atoms with van der Waals surface area (Å²) in [5.41, 5.74) is 10.7. The predicted octanol–water partition coefficient (Wildman–Crippen LogP) is 1.36. The number of unbranched alkanes of at least 4 members (excludes halogenated alkanes) is 2. The van der Waals surface area contributed by atoms with Gasteiger partial charge in [0.2, 0.25) is 29.5 Å². The minimum Gasteiger partial charge on any atom is -0.508 e. The van der Waals surface area contributed by atoms with Gasteiger partial charge in [0.05, 0.1) is 27.7 Å². The Morgan fingerprint density at radius 3 is 2.10 bits per heavy atom. The lowest BCUT2D eigenvalue weighted by Crippen LogP contribution is -2.61. The van der Waals surface area contributed by atoms with Gasteiger partial charge in [0.25, 0.3) is 0 Å². The molecule has 2 rings (SSSR count). The van der Waals surface area contributed by atoms with Crippen LogP contribution in [0.4, 0.5) is 0 Å². The van der Waals surface area contributed by atoms with Crippen LogP contribution in [-0.2, 0) is 35.2 Å². The zero-order chi connectivity index (χ0) is 43.8. The number of likely N-dealkylation sites (tertiary alicyclic amines) is 1. The quantitative estimate of drug-likeness (QED) is 0.0341. The van der Waals surface area contributed by atoms with Crippen molar-refractivity contribution in [3.05, 3.63) is 29.8 Å². The average molecular weight is 817 g/mol. The molecule has 0 aromatic heterocycles. The number of phenolic OH excluding ortho intramolecular Hbond substituents is 1. The summed E-state index contributed by atoms with van der Waals surface area (Å²) in [5, 5.41) is 30.7. The number of benzene rings is 1. The number of hydrogen-bond donors (Lipinski definition) is 8. The van der Waals surface area contributed by atoms with E-state index in [0.717, 1.165) is 23.9 Å². The molecule has 5 amide bonds. The van der Waals surface area contributed by atoms with E-state index in [1.54, 1.807) is 32.9 Å². The number of carbonyl (C=O) groups is 6. The van der Waals surface area contributed by atoms with E-state index in [2.05, 4.69) is 47.4 Å². The standard InChI is InChI=1S/C41H69N9O8/c1-26(2)24-31(39(57)58)47-37(55)34(41(3,4)5)48-35(53)30(25-27-17-19-28(51)20-18-27)46-36(54)32-15-13-22-49(32)38(56)29(14-12-21-44-40(42)43)45-33(52)16-10-9-11-23-50(6,7)8/h17-20,26,29-32,34H,9-16,21-25H2,1-8H3,(H9-,42,43,44,45,46,47,48,51,52,53,54,55,57,58)/p+1/t29-,30-,31-,32-,34+/m0/s1. The van der Waals surface area contributed by atoms with E-state index in [1.807, 2.05) is 13.8 Å². The first-order chi connectivity index (χ1) is 27.0. The number of rotatable bonds is 23. The molecule has 1 saturated heterocycles. The van der Waals surface area contributed by atoms with Crippen molar-refractivity contribution in [3.8, 4) is 5.75 Å². The number of aromatic hydroxyl groups is 1. The molecule has 1 aliphatic heterocycles. The Hall–Kier alpha value is -4.93. The molecule has 0 radical (unpaired) electrons. The number of aliphatic carboxylic acids is 1. The first kappa shape index (κ1) is 49.2. The highest BCUT2D eigenvalue weighted by Gasteiger charge is 2.40. The molecule has 0 unspecified atom stereocenters. The topological polar surface area (TPSA) is 259 Å². The van der Waals surface area contributed by atoms with Crippen molar-refractivity contribution in [1.82, 2.24) is 26.2 Å². The van der Waals surface area contributed by atoms with Gasteiger partial charge in [0, 0.05) is 25.9 Å². The number of nitrogens with two attached hydrogens (primary N) is 2. The molecule has 5 atom stereocenters. The van der Waals surface area contributed by atoms with Gasteiger partial charge in [-0.3, -0.25) is 29.0 Å². The summed E-state index contributed by atoms with van der Waals surface area (Å²) < 4.78 is 0.827. The largest absolute Gasteiger partial charge is 0.508 e. The summed E-state index contributed by atoms with van der Waals surface area (Å²) in [6.45, 7) is 10.3. The fourth-order valence-electron chi connectivity index (χ4n) is 6.79. The smallest absolute Gasteiger partial charge is 0.326 e. The van der Waals surface area contributed by atoms with Crippen LogP contribution >= 0.6 is 0 Å². The highest BCUT2D eigenvalue weighted by molar-refractivity contribution is 5.96. The summed E-state index contributed by atoms with van der Waals surface area (Å²) in [5.74, 6) is -3.99. The third-order valence-electron chi connectivity index (χ3n) is 9.90. The molecule has 17 heteroatoms. The lowest BCUT2D eigenvalue weighted by atomic mass is 9.85. The van der Waals surface area contributed by atoms with E-state index in [0.29, 0.717) is 31.2 Å². The molecule has 1 aliphatic rings. The van der Waals surface area contributed by atoms with Crippen molar-refractivity contribution in [1.29, 1.82) is 0 Å². The molecular formula is C41H70N9O8+. The minimum absolute atomic E-state index is 0.00699. The van der Waals surface area contributed by atoms with Crippen molar-refractivity contribution in [2.45, 2.75) is 129 Å². The molecule has 10 N–H and O–H groups in total. The zero-order valence-corrected chi connectivity index (χ0v) is 35.8. The molecule has 1 aromatic carbocycles. The van der Waals surface area contributed by atoms with E-state index in [4.69, 9.17) is 11.5 Å². The van der Waals surface area contributed by atoms with Gasteiger partial charge in [-0.2, -0.15) is 0 Å². The number of guanidine groups is 1. The number of hydrogen-bond acceptors (Lipinski definition) is 8. The van der Waals surface area contributed by atoms with E-state index in [9.17, 15) is 39.0 Å². The fourth-order valence-corrected chi connectivity index (χ4v) is 6.79. The summed E-state index contributed by atoms with van der Waals surface area (Å²) in [6.07, 6.45) is 4.33. The Morgan fingerprint density at radius 2 is 1.53 bits per heavy atom. The summed E-state index contributed by atoms with van der Waals surface area (Å²) in [7, 11) is 6.33. The highest BCUT2D eigenvalue weighted by Crippen LogP contribution is 2.23. The number of aliphatic imine (C=N–C) groups is 1. The Balaban J connectivity index is 2.32. The lowest BCUT2D eigenvalue weighted by molar-refractivity contribution is -0.870. The van der Waals surface area contributed by atoms with Gasteiger partial charge in [0.1, 0.15) is 36.0 Å². The van der Waals surface area contributed by atoms with Crippen molar-refractivity contribution in [2.24, 2.45) is 27.8 Å². The van der Waals surface area contributed by atoms with Gasteiger partial charge in [-0.1, -0.05) is 46.8 Å². The first-order valence-corrected chi connectivity index (χ1v) is 20.4. The number of carboxylic acid groups (broad SMARTS) is 1. The van der Waals surface area contributed by atoms with Crippen molar-refractivity contribution in [3.63, 3.8) is 0 Å². The Labute approximate surface area is 343 Å². The summed E-state index contributed by atoms with van der Waals surface area (Å²) >= 11 is 0. The molecule has 0 saturated carbocycles. The van der Waals surface area contributed by atoms with Gasteiger partial charge in [-0.05, 0) is 80.4 Å². The van der Waals surface area contributed by atoms with E-state index in [1.165, 1.54) is 17.0 Å². The maximum atomic E-state index is 14.1. The van der Waals surface area contributed by atoms with Crippen molar-refractivity contribution in [2.75, 3.05) is 40.8 Å². The van der Waals surface area contributed by atoms with Crippen LogP contribution in [-0.4, -0.2) is 132 Å². The Bertz CT molecular complexity index is 1570. The fraction of sp³-hybridized carbons (Fsp3) is 0.683. The molecule has 0 aliphatic carbocycles. The zero-order valence-electron chi connectivity index (χ0n) is 35.8. The molecular weight excluding hydrogens is 747 g/mol. The Morgan fingerprint density at radius 1 is 0.879 bits per heavy atom. The number of nitrogens with one attached hydrogen (secondary N) is 4. The van der Waals surface area contributed by atoms with E-state index in [-0.39, 0.29) is 62.3 Å². The maximum Gasteiger partial charge on any atom is 0.326 e. The molecule has 1 fully saturated rings. The first-order valence-electron chi connectivity index (χ1n) is 20.4. The number of quaternary nitrogens is 1. The second-order valence-corrected chi connectivity index (χ2v) is 17.9. The maximum absolute atomic E-state index is 14.1. The molecule has 1 aromatic rings. The molecule has 0 spiro atoms. The van der Waals surface area contributed by atoms with Crippen LogP contribution in [0.3, 0.4) is 0 Å². The van der Waals surface area contributed by atoms with Crippen LogP contribution in [0, 0.1) is 11.3 Å². The number of amides is 5. The molecule has 0 bridgehead atoms. The normalized spacial score (nSPS) is 16.4. The van der Waals surface area contributed by atoms with Gasteiger partial charge in [0.15, 0.2) is 5.96 Å². The van der Waals surface area contributed by atoms with Gasteiger partial charge in [-0.25, -0.2) is 4.79 Å².